The van der Waals surface area contributed by atoms with E-state index < -0.39 is 5.82 Å². The third-order valence-corrected chi connectivity index (χ3v) is 2.77. The van der Waals surface area contributed by atoms with Crippen molar-refractivity contribution in [1.29, 1.82) is 5.26 Å². The Balaban J connectivity index is 2.16. The fraction of sp³-hybridized carbons (Fsp3) is 0.125. The van der Waals surface area contributed by atoms with Crippen molar-refractivity contribution in [2.75, 3.05) is 13.7 Å². The van der Waals surface area contributed by atoms with Crippen molar-refractivity contribution in [2.45, 2.75) is 0 Å². The Morgan fingerprint density at radius 1 is 1.27 bits per heavy atom. The number of nitrogens with one attached hydrogen (secondary N) is 1. The zero-order chi connectivity index (χ0) is 15.9. The second kappa shape index (κ2) is 7.09. The fourth-order valence-corrected chi connectivity index (χ4v) is 1.67. The zero-order valence-electron chi connectivity index (χ0n) is 11.8. The Labute approximate surface area is 126 Å². The van der Waals surface area contributed by atoms with E-state index in [-0.39, 0.29) is 23.8 Å². The highest BCUT2D eigenvalue weighted by molar-refractivity contribution is 5.77. The van der Waals surface area contributed by atoms with Gasteiger partial charge in [0.2, 0.25) is 0 Å². The molecule has 1 amide bonds. The van der Waals surface area contributed by atoms with Crippen LogP contribution in [0.25, 0.3) is 0 Å². The summed E-state index contributed by atoms with van der Waals surface area (Å²) in [6.07, 6.45) is 0. The summed E-state index contributed by atoms with van der Waals surface area (Å²) in [6.45, 7) is -0.122. The maximum atomic E-state index is 13.5. The number of carbonyl (C=O) groups is 1. The van der Waals surface area contributed by atoms with Crippen molar-refractivity contribution in [3.63, 3.8) is 0 Å². The number of ether oxygens (including phenoxy) is 2. The highest BCUT2D eigenvalue weighted by Gasteiger charge is 2.10. The number of benzene rings is 2. The Morgan fingerprint density at radius 2 is 2.00 bits per heavy atom. The first-order valence-electron chi connectivity index (χ1n) is 6.44. The lowest BCUT2D eigenvalue weighted by Gasteiger charge is -2.10. The molecule has 0 aliphatic rings. The van der Waals surface area contributed by atoms with Crippen molar-refractivity contribution in [2.24, 2.45) is 0 Å². The largest absolute Gasteiger partial charge is 0.484 e. The van der Waals surface area contributed by atoms with E-state index in [1.807, 2.05) is 0 Å². The van der Waals surface area contributed by atoms with E-state index in [9.17, 15) is 9.18 Å². The number of carbonyl (C=O) groups excluding carboxylic acids is 1. The maximum absolute atomic E-state index is 13.5. The topological polar surface area (TPSA) is 71.3 Å². The van der Waals surface area contributed by atoms with Crippen LogP contribution in [0.5, 0.6) is 17.2 Å². The second-order valence-electron chi connectivity index (χ2n) is 4.26. The number of amides is 1. The van der Waals surface area contributed by atoms with E-state index in [0.717, 1.165) is 0 Å². The Bertz CT molecular complexity index is 726. The molecule has 112 valence electrons. The number of halogens is 1. The Kier molecular flexibility index (Phi) is 4.94. The monoisotopic (exact) mass is 300 g/mol. The molecule has 0 atom stereocenters. The van der Waals surface area contributed by atoms with E-state index in [1.54, 1.807) is 30.3 Å². The van der Waals surface area contributed by atoms with Gasteiger partial charge in [-0.25, -0.2) is 4.39 Å². The summed E-state index contributed by atoms with van der Waals surface area (Å²) >= 11 is 0. The van der Waals surface area contributed by atoms with E-state index in [1.165, 1.54) is 25.2 Å². The molecule has 0 bridgehead atoms. The number of nitrogens with zero attached hydrogens (tertiary/aromatic N) is 1. The van der Waals surface area contributed by atoms with Gasteiger partial charge in [-0.2, -0.15) is 5.26 Å². The van der Waals surface area contributed by atoms with E-state index in [2.05, 4.69) is 5.32 Å². The van der Waals surface area contributed by atoms with Gasteiger partial charge in [-0.1, -0.05) is 12.1 Å². The molecule has 0 aliphatic carbocycles. The lowest BCUT2D eigenvalue weighted by molar-refractivity contribution is -0.122. The van der Waals surface area contributed by atoms with Crippen LogP contribution in [-0.2, 0) is 4.79 Å². The third-order valence-electron chi connectivity index (χ3n) is 2.77. The van der Waals surface area contributed by atoms with Gasteiger partial charge in [-0.15, -0.1) is 0 Å². The Hall–Kier alpha value is -3.07. The summed E-state index contributed by atoms with van der Waals surface area (Å²) < 4.78 is 24.3. The molecule has 0 unspecified atom stereocenters. The summed E-state index contributed by atoms with van der Waals surface area (Å²) in [5.41, 5.74) is -0.167. The number of likely N-dealkylation sites (N-methyl/N-ethyl adjacent to an activating group) is 1. The standard InChI is InChI=1S/C16H13FN2O3/c1-19-16(20)10-21-11-4-2-5-12(8-11)22-15-7-3-6-14(17)13(15)9-18/h2-8H,10H2,1H3,(H,19,20). The fourth-order valence-electron chi connectivity index (χ4n) is 1.67. The van der Waals surface area contributed by atoms with Crippen molar-refractivity contribution < 1.29 is 18.7 Å². The number of hydrogen-bond donors (Lipinski definition) is 1. The van der Waals surface area contributed by atoms with Crippen LogP contribution in [0.1, 0.15) is 5.56 Å². The molecule has 0 heterocycles. The number of rotatable bonds is 5. The van der Waals surface area contributed by atoms with Crippen molar-refractivity contribution in [3.05, 3.63) is 53.8 Å². The predicted octanol–water partition coefficient (Wildman–Crippen LogP) is 2.61. The quantitative estimate of drug-likeness (QED) is 0.921. The molecule has 1 N–H and O–H groups in total. The number of nitriles is 1. The van der Waals surface area contributed by atoms with Crippen LogP contribution in [-0.4, -0.2) is 19.6 Å². The molecule has 2 rings (SSSR count). The average molecular weight is 300 g/mol. The molecular formula is C16H13FN2O3. The van der Waals surface area contributed by atoms with Crippen molar-refractivity contribution in [1.82, 2.24) is 5.32 Å². The van der Waals surface area contributed by atoms with Gasteiger partial charge in [-0.05, 0) is 24.3 Å². The zero-order valence-corrected chi connectivity index (χ0v) is 11.8. The van der Waals surface area contributed by atoms with Crippen LogP contribution in [0.2, 0.25) is 0 Å². The molecule has 0 aliphatic heterocycles. The summed E-state index contributed by atoms with van der Waals surface area (Å²) in [5.74, 6) is 0.00806. The SMILES string of the molecule is CNC(=O)COc1cccc(Oc2cccc(F)c2C#N)c1. The van der Waals surface area contributed by atoms with E-state index in [0.29, 0.717) is 11.5 Å². The van der Waals surface area contributed by atoms with Gasteiger partial charge in [0.15, 0.2) is 6.61 Å². The lowest BCUT2D eigenvalue weighted by atomic mass is 10.2. The second-order valence-corrected chi connectivity index (χ2v) is 4.26. The lowest BCUT2D eigenvalue weighted by Crippen LogP contribution is -2.24. The van der Waals surface area contributed by atoms with Gasteiger partial charge in [0, 0.05) is 13.1 Å². The van der Waals surface area contributed by atoms with Crippen LogP contribution in [0.3, 0.4) is 0 Å². The minimum Gasteiger partial charge on any atom is -0.484 e. The summed E-state index contributed by atoms with van der Waals surface area (Å²) in [5, 5.41) is 11.4. The van der Waals surface area contributed by atoms with E-state index >= 15 is 0 Å². The molecule has 0 spiro atoms. The predicted molar refractivity (Wildman–Crippen MR) is 77.2 cm³/mol. The molecule has 0 fully saturated rings. The number of hydrogen-bond acceptors (Lipinski definition) is 4. The normalized spacial score (nSPS) is 9.68. The molecule has 0 aromatic heterocycles. The highest BCUT2D eigenvalue weighted by Crippen LogP contribution is 2.28. The molecule has 2 aromatic carbocycles. The smallest absolute Gasteiger partial charge is 0.257 e. The van der Waals surface area contributed by atoms with Gasteiger partial charge in [-0.3, -0.25) is 4.79 Å². The molecule has 0 radical (unpaired) electrons. The molecular weight excluding hydrogens is 287 g/mol. The van der Waals surface area contributed by atoms with Gasteiger partial charge in [0.05, 0.1) is 0 Å². The van der Waals surface area contributed by atoms with E-state index in [4.69, 9.17) is 14.7 Å². The maximum Gasteiger partial charge on any atom is 0.257 e. The van der Waals surface area contributed by atoms with Crippen molar-refractivity contribution >= 4 is 5.91 Å². The van der Waals surface area contributed by atoms with Crippen LogP contribution < -0.4 is 14.8 Å². The molecule has 2 aromatic rings. The van der Waals surface area contributed by atoms with Crippen LogP contribution in [0.15, 0.2) is 42.5 Å². The first kappa shape index (κ1) is 15.3. The average Bonchev–Trinajstić information content (AvgIpc) is 2.53. The first-order valence-corrected chi connectivity index (χ1v) is 6.44. The highest BCUT2D eigenvalue weighted by atomic mass is 19.1. The summed E-state index contributed by atoms with van der Waals surface area (Å²) in [6, 6.07) is 12.4. The molecule has 5 nitrogen and oxygen atoms in total. The minimum absolute atomic E-state index is 0.117. The van der Waals surface area contributed by atoms with Gasteiger partial charge in [0.1, 0.15) is 34.7 Å². The third kappa shape index (κ3) is 3.73. The van der Waals surface area contributed by atoms with Crippen LogP contribution in [0, 0.1) is 17.1 Å². The first-order chi connectivity index (χ1) is 10.6. The van der Waals surface area contributed by atoms with Gasteiger partial charge < -0.3 is 14.8 Å². The van der Waals surface area contributed by atoms with Gasteiger partial charge >= 0.3 is 0 Å². The molecule has 6 heteroatoms. The summed E-state index contributed by atoms with van der Waals surface area (Å²) in [7, 11) is 1.51. The molecule has 0 saturated carbocycles. The van der Waals surface area contributed by atoms with Gasteiger partial charge in [0.25, 0.3) is 5.91 Å². The summed E-state index contributed by atoms with van der Waals surface area (Å²) in [4.78, 5) is 11.1. The Morgan fingerprint density at radius 3 is 2.73 bits per heavy atom. The molecule has 22 heavy (non-hydrogen) atoms. The minimum atomic E-state index is -0.646. The van der Waals surface area contributed by atoms with Crippen LogP contribution >= 0.6 is 0 Å². The van der Waals surface area contributed by atoms with Crippen LogP contribution in [0.4, 0.5) is 4.39 Å². The molecule has 0 saturated heterocycles. The van der Waals surface area contributed by atoms with Crippen molar-refractivity contribution in [3.8, 4) is 23.3 Å².